The van der Waals surface area contributed by atoms with Crippen molar-refractivity contribution in [3.05, 3.63) is 58.2 Å². The van der Waals surface area contributed by atoms with Crippen LogP contribution in [0.15, 0.2) is 46.8 Å². The summed E-state index contributed by atoms with van der Waals surface area (Å²) in [5.41, 5.74) is 2.87. The highest BCUT2D eigenvalue weighted by atomic mass is 32.1. The second kappa shape index (κ2) is 10.5. The summed E-state index contributed by atoms with van der Waals surface area (Å²) in [6.45, 7) is 4.61. The maximum Gasteiger partial charge on any atom is 0.335 e. The van der Waals surface area contributed by atoms with Crippen LogP contribution in [0.1, 0.15) is 10.5 Å². The van der Waals surface area contributed by atoms with Crippen LogP contribution >= 0.6 is 11.3 Å². The number of aryl methyl sites for hydroxylation is 1. The predicted octanol–water partition coefficient (Wildman–Crippen LogP) is 1.44. The number of pyridine rings is 1. The Kier molecular flexibility index (Phi) is 6.98. The number of para-hydroxylation sites is 1. The van der Waals surface area contributed by atoms with Crippen molar-refractivity contribution < 1.29 is 9.53 Å². The number of amides is 1. The zero-order valence-corrected chi connectivity index (χ0v) is 21.0. The van der Waals surface area contributed by atoms with E-state index in [9.17, 15) is 9.59 Å². The Hall–Kier alpha value is -3.74. The molecule has 0 bridgehead atoms. The Morgan fingerprint density at radius 2 is 2.08 bits per heavy atom. The maximum atomic E-state index is 13.2. The number of rotatable bonds is 8. The van der Waals surface area contributed by atoms with Crippen LogP contribution < -0.4 is 31.3 Å². The molecule has 5 rings (SSSR count). The van der Waals surface area contributed by atoms with E-state index in [-0.39, 0.29) is 17.3 Å². The first-order chi connectivity index (χ1) is 17.6. The van der Waals surface area contributed by atoms with Crippen LogP contribution in [0, 0.1) is 0 Å². The average Bonchev–Trinajstić information content (AvgIpc) is 3.48. The van der Waals surface area contributed by atoms with Gasteiger partial charge in [0.05, 0.1) is 23.1 Å². The van der Waals surface area contributed by atoms with Crippen LogP contribution in [0.2, 0.25) is 0 Å². The number of benzene rings is 1. The average molecular weight is 509 g/mol. The molecule has 188 valence electrons. The molecular weight excluding hydrogens is 480 g/mol. The molecular formula is C24H28N8O3S. The van der Waals surface area contributed by atoms with Gasteiger partial charge in [-0.2, -0.15) is 0 Å². The monoisotopic (exact) mass is 508 g/mol. The molecule has 0 radical (unpaired) electrons. The molecule has 1 aliphatic rings. The highest BCUT2D eigenvalue weighted by molar-refractivity contribution is 7.12. The highest BCUT2D eigenvalue weighted by Gasteiger charge is 2.21. The normalized spacial score (nSPS) is 13.8. The van der Waals surface area contributed by atoms with E-state index >= 15 is 0 Å². The third-order valence-corrected chi connectivity index (χ3v) is 6.89. The van der Waals surface area contributed by atoms with Gasteiger partial charge in [0, 0.05) is 51.3 Å². The van der Waals surface area contributed by atoms with Gasteiger partial charge in [0.1, 0.15) is 23.6 Å². The molecule has 4 aromatic rings. The van der Waals surface area contributed by atoms with Gasteiger partial charge < -0.3 is 25.6 Å². The summed E-state index contributed by atoms with van der Waals surface area (Å²) in [4.78, 5) is 37.2. The Morgan fingerprint density at radius 3 is 2.89 bits per heavy atom. The van der Waals surface area contributed by atoms with Gasteiger partial charge in [-0.1, -0.05) is 6.07 Å². The molecule has 3 N–H and O–H groups in total. The zero-order chi connectivity index (χ0) is 25.1. The van der Waals surface area contributed by atoms with Crippen molar-refractivity contribution >= 4 is 39.7 Å². The fraction of sp³-hybridized carbons (Fsp3) is 0.333. The third-order valence-electron chi connectivity index (χ3n) is 6.06. The molecule has 12 heteroatoms. The minimum atomic E-state index is -0.355. The van der Waals surface area contributed by atoms with Crippen molar-refractivity contribution in [3.63, 3.8) is 0 Å². The summed E-state index contributed by atoms with van der Waals surface area (Å²) in [5.74, 6) is 0.263. The lowest BCUT2D eigenvalue weighted by molar-refractivity contribution is 0.102. The largest absolute Gasteiger partial charge is 0.490 e. The van der Waals surface area contributed by atoms with Crippen LogP contribution in [0.25, 0.3) is 16.2 Å². The van der Waals surface area contributed by atoms with Gasteiger partial charge in [-0.15, -0.1) is 11.3 Å². The van der Waals surface area contributed by atoms with E-state index in [0.29, 0.717) is 40.8 Å². The van der Waals surface area contributed by atoms with Gasteiger partial charge in [0.15, 0.2) is 5.13 Å². The van der Waals surface area contributed by atoms with Gasteiger partial charge in [-0.05, 0) is 25.2 Å². The van der Waals surface area contributed by atoms with Crippen molar-refractivity contribution in [1.29, 1.82) is 0 Å². The molecule has 3 aromatic heterocycles. The van der Waals surface area contributed by atoms with Crippen LogP contribution in [0.3, 0.4) is 0 Å². The van der Waals surface area contributed by atoms with Gasteiger partial charge >= 0.3 is 5.69 Å². The predicted molar refractivity (Wildman–Crippen MR) is 141 cm³/mol. The summed E-state index contributed by atoms with van der Waals surface area (Å²) in [6, 6.07) is 7.43. The number of thiazole rings is 1. The molecule has 1 fully saturated rings. The number of piperazine rings is 1. The van der Waals surface area contributed by atoms with Crippen LogP contribution in [0.4, 0.5) is 11.4 Å². The van der Waals surface area contributed by atoms with Crippen LogP contribution in [-0.4, -0.2) is 71.4 Å². The fourth-order valence-corrected chi connectivity index (χ4v) is 5.07. The van der Waals surface area contributed by atoms with Gasteiger partial charge in [-0.25, -0.2) is 14.3 Å². The lowest BCUT2D eigenvalue weighted by atomic mass is 10.2. The smallest absolute Gasteiger partial charge is 0.335 e. The Balaban J connectivity index is 1.42. The lowest BCUT2D eigenvalue weighted by Crippen LogP contribution is -2.43. The summed E-state index contributed by atoms with van der Waals surface area (Å²) >= 11 is 1.24. The lowest BCUT2D eigenvalue weighted by Gasteiger charge is -2.30. The molecule has 0 spiro atoms. The minimum absolute atomic E-state index is 0.232. The number of aromatic nitrogens is 4. The maximum absolute atomic E-state index is 13.2. The number of likely N-dealkylation sites (N-methyl/N-ethyl adjacent to an activating group) is 1. The van der Waals surface area contributed by atoms with Gasteiger partial charge in [-0.3, -0.25) is 14.3 Å². The number of imidazole rings is 1. The first-order valence-corrected chi connectivity index (χ1v) is 12.6. The van der Waals surface area contributed by atoms with Crippen LogP contribution in [0.5, 0.6) is 5.75 Å². The second-order valence-electron chi connectivity index (χ2n) is 8.35. The number of nitrogens with one attached hydrogen (secondary N) is 3. The molecule has 0 aliphatic carbocycles. The number of hydrogen-bond acceptors (Lipinski definition) is 9. The molecule has 0 saturated carbocycles. The SMILES string of the molecule is CNCCOc1cccc2c1n(C)c(=O)n2-c1nc(C(=O)Nc2cnccc2N2CCNCC2)cs1. The van der Waals surface area contributed by atoms with E-state index in [4.69, 9.17) is 4.74 Å². The topological polar surface area (TPSA) is 118 Å². The molecule has 1 saturated heterocycles. The molecule has 1 aliphatic heterocycles. The molecule has 0 unspecified atom stereocenters. The minimum Gasteiger partial charge on any atom is -0.490 e. The molecule has 36 heavy (non-hydrogen) atoms. The summed E-state index contributed by atoms with van der Waals surface area (Å²) in [7, 11) is 3.56. The first-order valence-electron chi connectivity index (χ1n) is 11.7. The Bertz CT molecular complexity index is 1440. The number of nitrogens with zero attached hydrogens (tertiary/aromatic N) is 5. The number of carbonyl (C=O) groups excluding carboxylic acids is 1. The number of hydrogen-bond donors (Lipinski definition) is 3. The summed E-state index contributed by atoms with van der Waals surface area (Å²) in [5, 5.41) is 11.4. The Labute approximate surface area is 211 Å². The van der Waals surface area contributed by atoms with E-state index in [1.54, 1.807) is 29.4 Å². The molecule has 11 nitrogen and oxygen atoms in total. The standard InChI is InChI=1S/C24H28N8O3S/c1-25-10-13-35-20-5-3-4-19-21(20)30(2)24(34)32(19)23-29-17(15-36-23)22(33)28-16-14-27-7-6-18(16)31-11-8-26-9-12-31/h3-7,14-15,25-26H,8-13H2,1-2H3,(H,28,33). The van der Waals surface area contributed by atoms with Crippen molar-refractivity contribution in [2.75, 3.05) is 56.6 Å². The quantitative estimate of drug-likeness (QED) is 0.306. The number of ether oxygens (including phenoxy) is 1. The van der Waals surface area contributed by atoms with E-state index in [0.717, 1.165) is 31.9 Å². The van der Waals surface area contributed by atoms with Gasteiger partial charge in [0.25, 0.3) is 5.91 Å². The Morgan fingerprint density at radius 1 is 1.25 bits per heavy atom. The van der Waals surface area contributed by atoms with E-state index < -0.39 is 0 Å². The molecule has 0 atom stereocenters. The van der Waals surface area contributed by atoms with Crippen molar-refractivity contribution in [1.82, 2.24) is 29.7 Å². The highest BCUT2D eigenvalue weighted by Crippen LogP contribution is 2.28. The number of anilines is 2. The second-order valence-corrected chi connectivity index (χ2v) is 9.19. The number of fused-ring (bicyclic) bond motifs is 1. The number of carbonyl (C=O) groups is 1. The molecule has 4 heterocycles. The fourth-order valence-electron chi connectivity index (χ4n) is 4.26. The molecule has 1 aromatic carbocycles. The summed E-state index contributed by atoms with van der Waals surface area (Å²) in [6.07, 6.45) is 3.37. The van der Waals surface area contributed by atoms with E-state index in [1.165, 1.54) is 15.9 Å². The van der Waals surface area contributed by atoms with Crippen LogP contribution in [-0.2, 0) is 7.05 Å². The van der Waals surface area contributed by atoms with Crippen molar-refractivity contribution in [2.45, 2.75) is 0 Å². The zero-order valence-electron chi connectivity index (χ0n) is 20.2. The molecule has 1 amide bonds. The van der Waals surface area contributed by atoms with Gasteiger partial charge in [0.2, 0.25) is 0 Å². The van der Waals surface area contributed by atoms with E-state index in [1.807, 2.05) is 31.3 Å². The van der Waals surface area contributed by atoms with Crippen molar-refractivity contribution in [2.24, 2.45) is 7.05 Å². The first kappa shape index (κ1) is 24.0. The van der Waals surface area contributed by atoms with Crippen molar-refractivity contribution in [3.8, 4) is 10.9 Å². The third kappa shape index (κ3) is 4.57. The van der Waals surface area contributed by atoms with E-state index in [2.05, 4.69) is 30.8 Å². The summed E-state index contributed by atoms with van der Waals surface area (Å²) < 4.78 is 8.94.